The van der Waals surface area contributed by atoms with Crippen LogP contribution in [0, 0.1) is 23.7 Å². The molecule has 20 heteroatoms. The van der Waals surface area contributed by atoms with E-state index in [2.05, 4.69) is 25.2 Å². The first kappa shape index (κ1) is 57.4. The average Bonchev–Trinajstić information content (AvgIpc) is 3.77. The number of hydrogen-bond donors (Lipinski definition) is 5. The van der Waals surface area contributed by atoms with Crippen molar-refractivity contribution in [2.75, 3.05) is 40.9 Å². The van der Waals surface area contributed by atoms with E-state index in [-0.39, 0.29) is 31.3 Å². The van der Waals surface area contributed by atoms with Crippen LogP contribution < -0.4 is 4.74 Å². The van der Waals surface area contributed by atoms with Crippen molar-refractivity contribution in [2.45, 2.75) is 198 Å². The smallest absolute Gasteiger partial charge is 0.309 e. The van der Waals surface area contributed by atoms with E-state index in [0.29, 0.717) is 56.9 Å². The maximum absolute atomic E-state index is 14.6. The van der Waals surface area contributed by atoms with Crippen molar-refractivity contribution in [2.24, 2.45) is 28.8 Å². The number of rotatable bonds is 15. The number of methoxy groups -OCH3 is 1. The van der Waals surface area contributed by atoms with Gasteiger partial charge in [0, 0.05) is 80.8 Å². The van der Waals surface area contributed by atoms with Crippen LogP contribution in [0.25, 0.3) is 10.4 Å². The van der Waals surface area contributed by atoms with Gasteiger partial charge in [-0.15, -0.1) is 5.10 Å². The van der Waals surface area contributed by atoms with Crippen molar-refractivity contribution < 1.29 is 58.7 Å². The number of carbonyl (C=O) groups is 1. The molecule has 1 aromatic carbocycles. The van der Waals surface area contributed by atoms with Crippen LogP contribution in [0.5, 0.6) is 5.75 Å². The largest absolute Gasteiger partial charge is 0.494 e. The molecule has 396 valence electrons. The fourth-order valence-corrected chi connectivity index (χ4v) is 11.3. The highest BCUT2D eigenvalue weighted by Gasteiger charge is 2.55. The third-order valence-corrected chi connectivity index (χ3v) is 15.6. The lowest BCUT2D eigenvalue weighted by molar-refractivity contribution is -0.302. The maximum Gasteiger partial charge on any atom is 0.309 e. The molecular formula is C50H84N8O12. The fraction of sp³-hybridized carbons (Fsp3) is 0.820. The summed E-state index contributed by atoms with van der Waals surface area (Å²) in [5.41, 5.74) is 5.47. The Morgan fingerprint density at radius 2 is 1.70 bits per heavy atom. The molecule has 0 spiro atoms. The van der Waals surface area contributed by atoms with Crippen LogP contribution in [0.1, 0.15) is 107 Å². The summed E-state index contributed by atoms with van der Waals surface area (Å²) in [6.07, 6.45) is -4.20. The van der Waals surface area contributed by atoms with Gasteiger partial charge in [0.2, 0.25) is 0 Å². The molecule has 0 saturated carbocycles. The number of benzene rings is 1. The molecule has 0 bridgehead atoms. The Morgan fingerprint density at radius 3 is 2.34 bits per heavy atom. The first-order valence-corrected chi connectivity index (χ1v) is 25.2. The molecule has 2 aromatic rings. The number of ether oxygens (including phenoxy) is 6. The van der Waals surface area contributed by atoms with Crippen molar-refractivity contribution in [3.63, 3.8) is 0 Å². The summed E-state index contributed by atoms with van der Waals surface area (Å²) in [6, 6.07) is 5.93. The molecule has 3 aliphatic heterocycles. The molecular weight excluding hydrogens is 905 g/mol. The van der Waals surface area contributed by atoms with Gasteiger partial charge in [0.05, 0.1) is 53.8 Å². The van der Waals surface area contributed by atoms with E-state index in [4.69, 9.17) is 34.0 Å². The number of carbonyl (C=O) groups excluding carboxylic acids is 1. The zero-order chi connectivity index (χ0) is 51.9. The van der Waals surface area contributed by atoms with Gasteiger partial charge in [0.25, 0.3) is 0 Å². The number of hydrogen-bond acceptors (Lipinski definition) is 17. The van der Waals surface area contributed by atoms with E-state index in [9.17, 15) is 30.3 Å². The quantitative estimate of drug-likeness (QED) is 0.0528. The van der Waals surface area contributed by atoms with E-state index in [0.717, 1.165) is 5.69 Å². The van der Waals surface area contributed by atoms with Gasteiger partial charge in [-0.1, -0.05) is 38.0 Å². The van der Waals surface area contributed by atoms with Crippen LogP contribution in [-0.4, -0.2) is 181 Å². The van der Waals surface area contributed by atoms with Gasteiger partial charge < -0.3 is 63.8 Å². The molecule has 5 rings (SSSR count). The zero-order valence-electron chi connectivity index (χ0n) is 43.8. The number of aromatic nitrogens is 3. The van der Waals surface area contributed by atoms with Crippen LogP contribution in [0.4, 0.5) is 5.69 Å². The number of aryl methyl sites for hydroxylation is 1. The number of cyclic esters (lactones) is 1. The molecule has 1 unspecified atom stereocenters. The summed E-state index contributed by atoms with van der Waals surface area (Å²) in [5, 5.41) is 72.3. The van der Waals surface area contributed by atoms with Crippen molar-refractivity contribution in [3.05, 3.63) is 46.6 Å². The summed E-state index contributed by atoms with van der Waals surface area (Å²) in [6.45, 7) is 20.0. The minimum atomic E-state index is -1.82. The minimum Gasteiger partial charge on any atom is -0.494 e. The van der Waals surface area contributed by atoms with Crippen LogP contribution in [0.15, 0.2) is 35.6 Å². The third kappa shape index (κ3) is 13.8. The monoisotopic (exact) mass is 989 g/mol. The van der Waals surface area contributed by atoms with Crippen molar-refractivity contribution in [3.8, 4) is 5.75 Å². The molecule has 0 amide bonds. The Labute approximate surface area is 414 Å². The number of aliphatic hydroxyl groups is 5. The lowest BCUT2D eigenvalue weighted by Gasteiger charge is -2.51. The molecule has 0 aliphatic carbocycles. The summed E-state index contributed by atoms with van der Waals surface area (Å²) < 4.78 is 39.8. The predicted molar refractivity (Wildman–Crippen MR) is 261 cm³/mol. The highest BCUT2D eigenvalue weighted by molar-refractivity contribution is 5.73. The summed E-state index contributed by atoms with van der Waals surface area (Å²) >= 11 is 0. The van der Waals surface area contributed by atoms with Gasteiger partial charge in [-0.25, -0.2) is 0 Å². The first-order chi connectivity index (χ1) is 32.9. The zero-order valence-corrected chi connectivity index (χ0v) is 43.8. The van der Waals surface area contributed by atoms with Crippen LogP contribution in [0.3, 0.4) is 0 Å². The van der Waals surface area contributed by atoms with Crippen molar-refractivity contribution in [1.29, 1.82) is 0 Å². The van der Waals surface area contributed by atoms with E-state index < -0.39 is 102 Å². The van der Waals surface area contributed by atoms with Gasteiger partial charge in [-0.05, 0) is 117 Å². The fourth-order valence-electron chi connectivity index (χ4n) is 11.3. The summed E-state index contributed by atoms with van der Waals surface area (Å²) in [7, 11) is 5.32. The standard InChI is InChI=1S/C50H84N8O12/c1-14-40-50(10,64)43(60)33(6)57(12)27-29(2)25-48(8,63)45(31(4)41(32(5)46(62)69-40)39-26-49(9,65-13)44(61)34(7)68-39)70-47-42(59)38(24-30(3)67-47)56(11)22-20-36-28-58(55-53-36)21-15-23-66-37-18-16-35(17-19-37)52-54-51/h16-19,28-34,38-45,47,59-61,63-64H,14-15,20-27H2,1-13H3/t29-,30-,31+,32-,33-,34+,38+,39?,40-,41+,42-,43-,44+,45-,47+,48-,49-,50-/m1/s1. The number of likely N-dealkylation sites (N-methyl/N-ethyl adjacent to an activating group) is 2. The molecule has 3 aliphatic rings. The lowest BCUT2D eigenvalue weighted by Crippen LogP contribution is -2.62. The molecule has 5 N–H and O–H groups in total. The van der Waals surface area contributed by atoms with Crippen molar-refractivity contribution in [1.82, 2.24) is 24.8 Å². The second-order valence-corrected chi connectivity index (χ2v) is 21.4. The predicted octanol–water partition coefficient (Wildman–Crippen LogP) is 4.79. The average molecular weight is 989 g/mol. The number of azide groups is 1. The van der Waals surface area contributed by atoms with Crippen LogP contribution in [-0.2, 0) is 41.4 Å². The van der Waals surface area contributed by atoms with E-state index in [1.165, 1.54) is 14.0 Å². The second kappa shape index (κ2) is 24.5. The van der Waals surface area contributed by atoms with Gasteiger partial charge in [0.15, 0.2) is 6.29 Å². The van der Waals surface area contributed by atoms with Crippen LogP contribution >= 0.6 is 0 Å². The van der Waals surface area contributed by atoms with Gasteiger partial charge in [0.1, 0.15) is 35.8 Å². The first-order valence-electron chi connectivity index (χ1n) is 25.2. The number of nitrogens with zero attached hydrogens (tertiary/aromatic N) is 8. The Bertz CT molecular complexity index is 2000. The Morgan fingerprint density at radius 1 is 1.01 bits per heavy atom. The minimum absolute atomic E-state index is 0.173. The van der Waals surface area contributed by atoms with Crippen LogP contribution in [0.2, 0.25) is 0 Å². The normalized spacial score (nSPS) is 39.6. The molecule has 20 nitrogen and oxygen atoms in total. The Hall–Kier alpha value is -3.50. The lowest BCUT2D eigenvalue weighted by atomic mass is 9.68. The summed E-state index contributed by atoms with van der Waals surface area (Å²) in [5.74, 6) is -2.47. The maximum atomic E-state index is 14.6. The number of aliphatic hydroxyl groups excluding tert-OH is 3. The molecule has 18 atom stereocenters. The molecule has 3 fully saturated rings. The Balaban J connectivity index is 1.39. The van der Waals surface area contributed by atoms with Gasteiger partial charge >= 0.3 is 5.97 Å². The van der Waals surface area contributed by atoms with E-state index in [1.54, 1.807) is 56.6 Å². The molecule has 3 saturated heterocycles. The van der Waals surface area contributed by atoms with E-state index >= 15 is 0 Å². The van der Waals surface area contributed by atoms with E-state index in [1.807, 2.05) is 59.8 Å². The molecule has 0 radical (unpaired) electrons. The summed E-state index contributed by atoms with van der Waals surface area (Å²) in [4.78, 5) is 21.4. The SMILES string of the molecule is CC[C@H]1OC(=O)[C@H](C)[C@@H](C2C[C@@](C)(OC)[C@@H](O)[C@H](C)O2)[C@H](C)[C@@H](O[C@@H]2O[C@H](C)C[C@H](N(C)CCc3cn(CCCOc4ccc(N=[N+]=[N-])cc4)nn3)[C@H]2O)[C@](C)(O)C[C@@H](C)CN(C)[C@H](C)[C@@H](O)[C@]1(C)O. The van der Waals surface area contributed by atoms with Gasteiger partial charge in [-0.2, -0.15) is 0 Å². The molecule has 70 heavy (non-hydrogen) atoms. The third-order valence-electron chi connectivity index (χ3n) is 15.6. The van der Waals surface area contributed by atoms with Gasteiger partial charge in [-0.3, -0.25) is 9.48 Å². The van der Waals surface area contributed by atoms with Crippen molar-refractivity contribution >= 4 is 11.7 Å². The topological polar surface area (TPSA) is 260 Å². The Kier molecular flexibility index (Phi) is 20.1. The highest BCUT2D eigenvalue weighted by atomic mass is 16.7. The molecule has 1 aromatic heterocycles. The number of esters is 1. The highest BCUT2D eigenvalue weighted by Crippen LogP contribution is 2.45. The second-order valence-electron chi connectivity index (χ2n) is 21.4. The molecule has 4 heterocycles.